The maximum absolute atomic E-state index is 12.2. The van der Waals surface area contributed by atoms with Gasteiger partial charge in [0.15, 0.2) is 5.43 Å². The number of hydrogen-bond acceptors (Lipinski definition) is 4. The van der Waals surface area contributed by atoms with Crippen LogP contribution in [0.15, 0.2) is 29.2 Å². The Morgan fingerprint density at radius 2 is 2.00 bits per heavy atom. The Hall–Kier alpha value is -2.31. The molecule has 7 heteroatoms. The van der Waals surface area contributed by atoms with E-state index in [1.54, 1.807) is 13.2 Å². The summed E-state index contributed by atoms with van der Waals surface area (Å²) in [4.78, 5) is 26.3. The standard InChI is InChI=1S/C22H26ClNO5/c1-22(2)10-13(11-22)14-8-20(29-6-4-5-28-3)17(23)7-15(14)18-9-19(25)16(12-24-18)21(26)27/h7-9,12-13H,4-6,10-11H2,1-3H3,(H,24,25)(H,26,27). The Morgan fingerprint density at radius 3 is 2.59 bits per heavy atom. The number of hydrogen-bond donors (Lipinski definition) is 2. The first kappa shape index (κ1) is 21.4. The molecule has 0 unspecified atom stereocenters. The smallest absolute Gasteiger partial charge is 0.341 e. The lowest BCUT2D eigenvalue weighted by molar-refractivity contribution is 0.0695. The van der Waals surface area contributed by atoms with Crippen LogP contribution in [-0.2, 0) is 4.74 Å². The molecule has 3 rings (SSSR count). The summed E-state index contributed by atoms with van der Waals surface area (Å²) in [6.45, 7) is 5.55. The largest absolute Gasteiger partial charge is 0.492 e. The highest BCUT2D eigenvalue weighted by Crippen LogP contribution is 2.53. The van der Waals surface area contributed by atoms with Gasteiger partial charge in [0, 0.05) is 43.7 Å². The van der Waals surface area contributed by atoms with Gasteiger partial charge in [-0.3, -0.25) is 4.79 Å². The number of pyridine rings is 1. The summed E-state index contributed by atoms with van der Waals surface area (Å²) >= 11 is 6.47. The topological polar surface area (TPSA) is 88.6 Å². The van der Waals surface area contributed by atoms with E-state index in [0.717, 1.165) is 30.4 Å². The Bertz CT molecular complexity index is 958. The fourth-order valence-electron chi connectivity index (χ4n) is 3.92. The third-order valence-corrected chi connectivity index (χ3v) is 5.62. The number of carboxylic acid groups (broad SMARTS) is 1. The molecular formula is C22H26ClNO5. The molecule has 0 atom stereocenters. The Balaban J connectivity index is 1.99. The molecule has 0 aliphatic heterocycles. The molecule has 2 aromatic rings. The molecule has 1 aliphatic carbocycles. The van der Waals surface area contributed by atoms with Crippen molar-refractivity contribution in [1.29, 1.82) is 0 Å². The second-order valence-electron chi connectivity index (χ2n) is 8.26. The summed E-state index contributed by atoms with van der Waals surface area (Å²) < 4.78 is 10.9. The van der Waals surface area contributed by atoms with Crippen LogP contribution in [0, 0.1) is 5.41 Å². The number of carboxylic acids is 1. The second-order valence-corrected chi connectivity index (χ2v) is 8.67. The summed E-state index contributed by atoms with van der Waals surface area (Å²) in [6.07, 6.45) is 4.02. The summed E-state index contributed by atoms with van der Waals surface area (Å²) in [5.41, 5.74) is 1.84. The molecule has 1 aromatic carbocycles. The average molecular weight is 420 g/mol. The van der Waals surface area contributed by atoms with Crippen molar-refractivity contribution in [2.24, 2.45) is 5.41 Å². The van der Waals surface area contributed by atoms with Crippen LogP contribution < -0.4 is 10.2 Å². The van der Waals surface area contributed by atoms with Crippen molar-refractivity contribution in [2.45, 2.75) is 39.0 Å². The maximum atomic E-state index is 12.2. The molecule has 2 N–H and O–H groups in total. The number of ether oxygens (including phenoxy) is 2. The normalized spacial score (nSPS) is 15.7. The average Bonchev–Trinajstić information content (AvgIpc) is 2.63. The fraction of sp³-hybridized carbons (Fsp3) is 0.455. The first-order chi connectivity index (χ1) is 13.7. The molecule has 0 spiro atoms. The van der Waals surface area contributed by atoms with Crippen LogP contribution in [0.25, 0.3) is 11.3 Å². The van der Waals surface area contributed by atoms with Gasteiger partial charge in [-0.15, -0.1) is 0 Å². The number of nitrogens with one attached hydrogen (secondary N) is 1. The number of rotatable bonds is 8. The number of carbonyl (C=O) groups is 1. The summed E-state index contributed by atoms with van der Waals surface area (Å²) in [6, 6.07) is 5.06. The van der Waals surface area contributed by atoms with Crippen LogP contribution in [0.5, 0.6) is 5.75 Å². The summed E-state index contributed by atoms with van der Waals surface area (Å²) in [5.74, 6) is -0.325. The van der Waals surface area contributed by atoms with Crippen molar-refractivity contribution in [3.63, 3.8) is 0 Å². The van der Waals surface area contributed by atoms with E-state index in [-0.39, 0.29) is 11.0 Å². The minimum absolute atomic E-state index is 0.266. The minimum Gasteiger partial charge on any atom is -0.492 e. The second kappa shape index (κ2) is 8.59. The van der Waals surface area contributed by atoms with E-state index in [4.69, 9.17) is 26.2 Å². The van der Waals surface area contributed by atoms with Crippen molar-refractivity contribution in [3.05, 3.63) is 50.8 Å². The number of aromatic amines is 1. The zero-order valence-electron chi connectivity index (χ0n) is 16.9. The van der Waals surface area contributed by atoms with E-state index in [9.17, 15) is 9.59 Å². The number of H-pyrrole nitrogens is 1. The van der Waals surface area contributed by atoms with Crippen LogP contribution in [0.4, 0.5) is 0 Å². The Kier molecular flexibility index (Phi) is 6.34. The summed E-state index contributed by atoms with van der Waals surface area (Å²) in [7, 11) is 1.65. The van der Waals surface area contributed by atoms with Gasteiger partial charge in [-0.2, -0.15) is 0 Å². The van der Waals surface area contributed by atoms with Gasteiger partial charge in [-0.05, 0) is 41.9 Å². The van der Waals surface area contributed by atoms with Gasteiger partial charge in [-0.1, -0.05) is 25.4 Å². The van der Waals surface area contributed by atoms with Gasteiger partial charge in [0.05, 0.1) is 11.6 Å². The highest BCUT2D eigenvalue weighted by atomic mass is 35.5. The van der Waals surface area contributed by atoms with E-state index in [2.05, 4.69) is 18.8 Å². The van der Waals surface area contributed by atoms with Crippen LogP contribution in [0.1, 0.15) is 54.9 Å². The Morgan fingerprint density at radius 1 is 1.28 bits per heavy atom. The maximum Gasteiger partial charge on any atom is 0.341 e. The lowest BCUT2D eigenvalue weighted by Crippen LogP contribution is -2.30. The zero-order valence-corrected chi connectivity index (χ0v) is 17.6. The van der Waals surface area contributed by atoms with E-state index in [1.807, 2.05) is 6.07 Å². The number of aromatic nitrogens is 1. The quantitative estimate of drug-likeness (QED) is 0.605. The molecule has 156 valence electrons. The molecule has 1 fully saturated rings. The molecule has 6 nitrogen and oxygen atoms in total. The third-order valence-electron chi connectivity index (χ3n) is 5.33. The number of methoxy groups -OCH3 is 1. The molecule has 1 aliphatic rings. The van der Waals surface area contributed by atoms with Crippen LogP contribution in [0.2, 0.25) is 5.02 Å². The number of benzene rings is 1. The van der Waals surface area contributed by atoms with Crippen molar-refractivity contribution < 1.29 is 19.4 Å². The summed E-state index contributed by atoms with van der Waals surface area (Å²) in [5, 5.41) is 9.56. The molecule has 1 saturated carbocycles. The van der Waals surface area contributed by atoms with Gasteiger partial charge in [0.25, 0.3) is 0 Å². The third kappa shape index (κ3) is 4.82. The number of halogens is 1. The SMILES string of the molecule is COCCCOc1cc(C2CC(C)(C)C2)c(-c2cc(=O)c(C(=O)O)c[nH]2)cc1Cl. The molecule has 0 amide bonds. The molecule has 1 heterocycles. The minimum atomic E-state index is -1.25. The van der Waals surface area contributed by atoms with E-state index < -0.39 is 11.4 Å². The first-order valence-corrected chi connectivity index (χ1v) is 10.0. The number of aromatic carboxylic acids is 1. The van der Waals surface area contributed by atoms with Crippen molar-refractivity contribution in [3.8, 4) is 17.0 Å². The highest BCUT2D eigenvalue weighted by Gasteiger charge is 2.38. The predicted molar refractivity (Wildman–Crippen MR) is 112 cm³/mol. The van der Waals surface area contributed by atoms with E-state index >= 15 is 0 Å². The molecule has 0 radical (unpaired) electrons. The van der Waals surface area contributed by atoms with E-state index in [0.29, 0.717) is 35.6 Å². The van der Waals surface area contributed by atoms with Gasteiger partial charge in [0.1, 0.15) is 11.3 Å². The van der Waals surface area contributed by atoms with Crippen molar-refractivity contribution >= 4 is 17.6 Å². The lowest BCUT2D eigenvalue weighted by Gasteiger charge is -2.43. The molecule has 0 saturated heterocycles. The van der Waals surface area contributed by atoms with Crippen LogP contribution in [-0.4, -0.2) is 36.4 Å². The highest BCUT2D eigenvalue weighted by molar-refractivity contribution is 6.32. The van der Waals surface area contributed by atoms with Crippen LogP contribution >= 0.6 is 11.6 Å². The van der Waals surface area contributed by atoms with Crippen molar-refractivity contribution in [1.82, 2.24) is 4.98 Å². The van der Waals surface area contributed by atoms with Gasteiger partial charge in [-0.25, -0.2) is 4.79 Å². The monoisotopic (exact) mass is 419 g/mol. The fourth-order valence-corrected chi connectivity index (χ4v) is 4.14. The van der Waals surface area contributed by atoms with E-state index in [1.165, 1.54) is 12.3 Å². The molecular weight excluding hydrogens is 394 g/mol. The van der Waals surface area contributed by atoms with Crippen LogP contribution in [0.3, 0.4) is 0 Å². The molecule has 1 aromatic heterocycles. The van der Waals surface area contributed by atoms with Gasteiger partial charge in [0.2, 0.25) is 0 Å². The zero-order chi connectivity index (χ0) is 21.2. The molecule has 29 heavy (non-hydrogen) atoms. The lowest BCUT2D eigenvalue weighted by atomic mass is 9.61. The first-order valence-electron chi connectivity index (χ1n) is 9.63. The van der Waals surface area contributed by atoms with Gasteiger partial charge < -0.3 is 19.6 Å². The van der Waals surface area contributed by atoms with Crippen molar-refractivity contribution in [2.75, 3.05) is 20.3 Å². The molecule has 0 bridgehead atoms. The van der Waals surface area contributed by atoms with Gasteiger partial charge >= 0.3 is 5.97 Å². The Labute approximate surface area is 174 Å². The predicted octanol–water partition coefficient (Wildman–Crippen LogP) is 4.71.